The van der Waals surface area contributed by atoms with Crippen LogP contribution in [-0.4, -0.2) is 44.7 Å². The number of hydrogen-bond acceptors (Lipinski definition) is 4. The van der Waals surface area contributed by atoms with Crippen LogP contribution in [0.5, 0.6) is 0 Å². The zero-order valence-electron chi connectivity index (χ0n) is 11.6. The Kier molecular flexibility index (Phi) is 7.60. The fourth-order valence-corrected chi connectivity index (χ4v) is 3.35. The van der Waals surface area contributed by atoms with Gasteiger partial charge >= 0.3 is 0 Å². The van der Waals surface area contributed by atoms with E-state index in [1.807, 2.05) is 37.4 Å². The number of likely N-dealkylation sites (N-methyl/N-ethyl adjacent to an activating group) is 1. The summed E-state index contributed by atoms with van der Waals surface area (Å²) in [6.45, 7) is 4.02. The van der Waals surface area contributed by atoms with Crippen LogP contribution in [0.3, 0.4) is 0 Å². The van der Waals surface area contributed by atoms with Crippen molar-refractivity contribution < 1.29 is 9.53 Å². The maximum absolute atomic E-state index is 12.2. The monoisotopic (exact) mass is 348 g/mol. The lowest BCUT2D eigenvalue weighted by Gasteiger charge is -2.22. The molecule has 0 aliphatic heterocycles. The van der Waals surface area contributed by atoms with Gasteiger partial charge in [0.1, 0.15) is 6.04 Å². The van der Waals surface area contributed by atoms with Crippen molar-refractivity contribution in [3.05, 3.63) is 20.8 Å². The number of rotatable bonds is 8. The third-order valence-electron chi connectivity index (χ3n) is 2.59. The minimum Gasteiger partial charge on any atom is -0.382 e. The van der Waals surface area contributed by atoms with E-state index in [0.717, 1.165) is 22.4 Å². The zero-order valence-corrected chi connectivity index (χ0v) is 14.0. The summed E-state index contributed by atoms with van der Waals surface area (Å²) < 4.78 is 6.26. The molecule has 0 unspecified atom stereocenters. The van der Waals surface area contributed by atoms with Gasteiger partial charge in [0.2, 0.25) is 5.91 Å². The van der Waals surface area contributed by atoms with Crippen LogP contribution in [-0.2, 0) is 9.53 Å². The summed E-state index contributed by atoms with van der Waals surface area (Å²) in [5, 5.41) is 4.96. The molecule has 0 spiro atoms. The summed E-state index contributed by atoms with van der Waals surface area (Å²) in [6, 6.07) is 1.76. The summed E-state index contributed by atoms with van der Waals surface area (Å²) in [6.07, 6.45) is 0.841. The van der Waals surface area contributed by atoms with Gasteiger partial charge in [-0.15, -0.1) is 11.3 Å². The van der Waals surface area contributed by atoms with Crippen molar-refractivity contribution in [2.45, 2.75) is 19.4 Å². The van der Waals surface area contributed by atoms with Crippen LogP contribution in [0.2, 0.25) is 0 Å². The number of carbonyl (C=O) groups excluding carboxylic acids is 1. The van der Waals surface area contributed by atoms with Crippen LogP contribution in [0.1, 0.15) is 24.3 Å². The molecule has 1 aromatic heterocycles. The third-order valence-corrected chi connectivity index (χ3v) is 4.34. The Morgan fingerprint density at radius 3 is 2.84 bits per heavy atom. The van der Waals surface area contributed by atoms with Crippen LogP contribution >= 0.6 is 27.3 Å². The van der Waals surface area contributed by atoms with Gasteiger partial charge in [-0.3, -0.25) is 9.69 Å². The average molecular weight is 349 g/mol. The van der Waals surface area contributed by atoms with Gasteiger partial charge in [-0.25, -0.2) is 0 Å². The summed E-state index contributed by atoms with van der Waals surface area (Å²) in [5.74, 6) is 0.0378. The Morgan fingerprint density at radius 1 is 1.58 bits per heavy atom. The SMILES string of the molecule is CCOCCCNC(=O)[C@H](c1cc(Br)cs1)N(C)C. The molecular weight excluding hydrogens is 328 g/mol. The van der Waals surface area contributed by atoms with E-state index >= 15 is 0 Å². The van der Waals surface area contributed by atoms with Crippen LogP contribution in [0, 0.1) is 0 Å². The molecule has 6 heteroatoms. The molecule has 1 atom stereocenters. The Labute approximate surface area is 127 Å². The lowest BCUT2D eigenvalue weighted by Crippen LogP contribution is -2.37. The predicted molar refractivity (Wildman–Crippen MR) is 82.6 cm³/mol. The highest BCUT2D eigenvalue weighted by atomic mass is 79.9. The van der Waals surface area contributed by atoms with Gasteiger partial charge in [-0.05, 0) is 49.4 Å². The molecule has 1 rings (SSSR count). The van der Waals surface area contributed by atoms with E-state index in [0.29, 0.717) is 13.2 Å². The van der Waals surface area contributed by atoms with Gasteiger partial charge in [-0.1, -0.05) is 0 Å². The van der Waals surface area contributed by atoms with Crippen LogP contribution < -0.4 is 5.32 Å². The Bertz CT molecular complexity index is 396. The second-order valence-corrected chi connectivity index (χ2v) is 6.23. The molecule has 0 aliphatic carbocycles. The number of amides is 1. The lowest BCUT2D eigenvalue weighted by molar-refractivity contribution is -0.125. The highest BCUT2D eigenvalue weighted by Crippen LogP contribution is 2.28. The van der Waals surface area contributed by atoms with E-state index in [-0.39, 0.29) is 11.9 Å². The standard InChI is InChI=1S/C13H21BrN2O2S/c1-4-18-7-5-6-15-13(17)12(16(2)3)11-8-10(14)9-19-11/h8-9,12H,4-7H2,1-3H3,(H,15,17)/t12-/m0/s1. The van der Waals surface area contributed by atoms with Crippen molar-refractivity contribution in [3.8, 4) is 0 Å². The molecule has 4 nitrogen and oxygen atoms in total. The molecule has 0 fully saturated rings. The highest BCUT2D eigenvalue weighted by molar-refractivity contribution is 9.10. The minimum absolute atomic E-state index is 0.0378. The molecule has 0 saturated carbocycles. The Balaban J connectivity index is 2.50. The predicted octanol–water partition coefficient (Wildman–Crippen LogP) is 2.66. The third kappa shape index (κ3) is 5.60. The van der Waals surface area contributed by atoms with Crippen molar-refractivity contribution in [3.63, 3.8) is 0 Å². The van der Waals surface area contributed by atoms with Crippen molar-refractivity contribution >= 4 is 33.2 Å². The molecule has 0 radical (unpaired) electrons. The first kappa shape index (κ1) is 16.6. The number of ether oxygens (including phenoxy) is 1. The molecular formula is C13H21BrN2O2S. The Hall–Kier alpha value is -0.430. The number of thiophene rings is 1. The molecule has 1 amide bonds. The number of nitrogens with one attached hydrogen (secondary N) is 1. The van der Waals surface area contributed by atoms with Gasteiger partial charge in [0, 0.05) is 34.5 Å². The van der Waals surface area contributed by atoms with Crippen molar-refractivity contribution in [2.24, 2.45) is 0 Å². The lowest BCUT2D eigenvalue weighted by atomic mass is 10.2. The van der Waals surface area contributed by atoms with Crippen molar-refractivity contribution in [2.75, 3.05) is 33.9 Å². The largest absolute Gasteiger partial charge is 0.382 e. The molecule has 1 heterocycles. The molecule has 0 bridgehead atoms. The molecule has 0 aliphatic rings. The van der Waals surface area contributed by atoms with Crippen molar-refractivity contribution in [1.82, 2.24) is 10.2 Å². The average Bonchev–Trinajstić information content (AvgIpc) is 2.75. The first-order valence-corrected chi connectivity index (χ1v) is 7.99. The summed E-state index contributed by atoms with van der Waals surface area (Å²) >= 11 is 5.01. The quantitative estimate of drug-likeness (QED) is 0.734. The van der Waals surface area contributed by atoms with Gasteiger partial charge < -0.3 is 10.1 Å². The molecule has 0 aromatic carbocycles. The number of nitrogens with zero attached hydrogens (tertiary/aromatic N) is 1. The molecule has 108 valence electrons. The van der Waals surface area contributed by atoms with Crippen LogP contribution in [0.15, 0.2) is 15.9 Å². The summed E-state index contributed by atoms with van der Waals surface area (Å²) in [5.41, 5.74) is 0. The van der Waals surface area contributed by atoms with Gasteiger partial charge in [-0.2, -0.15) is 0 Å². The zero-order chi connectivity index (χ0) is 14.3. The molecule has 1 aromatic rings. The molecule has 1 N–H and O–H groups in total. The fraction of sp³-hybridized carbons (Fsp3) is 0.615. The van der Waals surface area contributed by atoms with Crippen LogP contribution in [0.25, 0.3) is 0 Å². The van der Waals surface area contributed by atoms with E-state index in [2.05, 4.69) is 21.2 Å². The topological polar surface area (TPSA) is 41.6 Å². The second-order valence-electron chi connectivity index (χ2n) is 4.37. The fourth-order valence-electron chi connectivity index (χ4n) is 1.72. The maximum Gasteiger partial charge on any atom is 0.242 e. The normalized spacial score (nSPS) is 12.7. The minimum atomic E-state index is -0.233. The van der Waals surface area contributed by atoms with Gasteiger partial charge in [0.25, 0.3) is 0 Å². The first-order valence-electron chi connectivity index (χ1n) is 6.32. The van der Waals surface area contributed by atoms with E-state index in [4.69, 9.17) is 4.74 Å². The maximum atomic E-state index is 12.2. The van der Waals surface area contributed by atoms with Gasteiger partial charge in [0.15, 0.2) is 0 Å². The van der Waals surface area contributed by atoms with Gasteiger partial charge in [0.05, 0.1) is 0 Å². The van der Waals surface area contributed by atoms with E-state index in [9.17, 15) is 4.79 Å². The second kappa shape index (κ2) is 8.68. The smallest absolute Gasteiger partial charge is 0.242 e. The van der Waals surface area contributed by atoms with Crippen molar-refractivity contribution in [1.29, 1.82) is 0 Å². The summed E-state index contributed by atoms with van der Waals surface area (Å²) in [4.78, 5) is 15.2. The molecule has 0 saturated heterocycles. The van der Waals surface area contributed by atoms with E-state index in [1.54, 1.807) is 11.3 Å². The highest BCUT2D eigenvalue weighted by Gasteiger charge is 2.23. The van der Waals surface area contributed by atoms with E-state index in [1.165, 1.54) is 0 Å². The summed E-state index contributed by atoms with van der Waals surface area (Å²) in [7, 11) is 3.83. The van der Waals surface area contributed by atoms with Crippen LogP contribution in [0.4, 0.5) is 0 Å². The Morgan fingerprint density at radius 2 is 2.32 bits per heavy atom. The number of halogens is 1. The first-order chi connectivity index (χ1) is 9.06. The van der Waals surface area contributed by atoms with E-state index < -0.39 is 0 Å². The number of hydrogen-bond donors (Lipinski definition) is 1. The number of carbonyl (C=O) groups is 1. The molecule has 19 heavy (non-hydrogen) atoms.